The minimum absolute atomic E-state index is 0.457. The molecule has 0 aliphatic heterocycles. The molecule has 4 atom stereocenters. The maximum Gasteiger partial charge on any atom is 0.312 e. The maximum absolute atomic E-state index is 14.2. The van der Waals surface area contributed by atoms with Crippen molar-refractivity contribution in [1.82, 2.24) is 0 Å². The number of fused-ring (bicyclic) bond motifs is 2. The van der Waals surface area contributed by atoms with Crippen LogP contribution in [0.1, 0.15) is 72.5 Å². The van der Waals surface area contributed by atoms with Crippen LogP contribution in [0, 0.1) is 0 Å². The summed E-state index contributed by atoms with van der Waals surface area (Å²) in [6.45, 7) is 0. The minimum atomic E-state index is -4.25. The zero-order chi connectivity index (χ0) is 36.2. The number of alkyl halides is 10. The molecule has 4 aliphatic rings. The predicted octanol–water partition coefficient (Wildman–Crippen LogP) is 5.92. The van der Waals surface area contributed by atoms with Crippen LogP contribution in [0.3, 0.4) is 0 Å². The lowest BCUT2D eigenvalue weighted by atomic mass is 9.91. The van der Waals surface area contributed by atoms with Gasteiger partial charge in [-0.1, -0.05) is 0 Å². The molecule has 0 radical (unpaired) electrons. The molecule has 2 aromatic carbocycles. The summed E-state index contributed by atoms with van der Waals surface area (Å²) in [5, 5.41) is 19.4. The van der Waals surface area contributed by atoms with E-state index in [1.165, 1.54) is 0 Å². The summed E-state index contributed by atoms with van der Waals surface area (Å²) in [5.41, 5.74) is -3.16. The third kappa shape index (κ3) is 6.21. The third-order valence-electron chi connectivity index (χ3n) is 8.36. The number of aliphatic hydroxyl groups excluding tert-OH is 2. The first-order valence-corrected chi connectivity index (χ1v) is 17.7. The van der Waals surface area contributed by atoms with E-state index in [9.17, 15) is 71.0 Å². The van der Waals surface area contributed by atoms with E-state index in [4.69, 9.17) is 9.47 Å². The van der Waals surface area contributed by atoms with Gasteiger partial charge in [0.25, 0.3) is 11.8 Å². The predicted molar refractivity (Wildman–Crippen MR) is 144 cm³/mol. The normalized spacial score (nSPS) is 28.3. The second-order valence-electron chi connectivity index (χ2n) is 12.2. The van der Waals surface area contributed by atoms with Crippen molar-refractivity contribution >= 4 is 19.7 Å². The van der Waals surface area contributed by atoms with Crippen molar-refractivity contribution in [1.29, 1.82) is 0 Å². The second-order valence-corrected chi connectivity index (χ2v) is 16.2. The van der Waals surface area contributed by atoms with Crippen LogP contribution in [0.5, 0.6) is 11.5 Å². The van der Waals surface area contributed by atoms with Crippen LogP contribution in [0.4, 0.5) is 43.9 Å². The van der Waals surface area contributed by atoms with E-state index in [1.54, 1.807) is 0 Å². The third-order valence-corrected chi connectivity index (χ3v) is 10.7. The zero-order valence-corrected chi connectivity index (χ0v) is 26.2. The number of rotatable bonds is 6. The van der Waals surface area contributed by atoms with Crippen LogP contribution in [-0.2, 0) is 19.7 Å². The van der Waals surface area contributed by atoms with Crippen molar-refractivity contribution in [2.75, 3.05) is 12.5 Å². The highest BCUT2D eigenvalue weighted by Crippen LogP contribution is 2.59. The average Bonchev–Trinajstić information content (AvgIpc) is 3.20. The molecule has 6 rings (SSSR count). The molecule has 2 fully saturated rings. The monoisotopic (exact) mass is 744 g/mol. The number of hydrogen-bond acceptors (Lipinski definition) is 8. The summed E-state index contributed by atoms with van der Waals surface area (Å²) >= 11 is 0. The molecule has 0 heterocycles. The lowest BCUT2D eigenvalue weighted by Crippen LogP contribution is -2.43. The number of aliphatic hydroxyl groups is 2. The Kier molecular flexibility index (Phi) is 8.61. The van der Waals surface area contributed by atoms with Gasteiger partial charge < -0.3 is 19.7 Å². The highest BCUT2D eigenvalue weighted by Gasteiger charge is 2.60. The van der Waals surface area contributed by atoms with E-state index in [0.717, 1.165) is 36.8 Å². The van der Waals surface area contributed by atoms with Crippen LogP contribution in [0.15, 0.2) is 34.1 Å². The summed E-state index contributed by atoms with van der Waals surface area (Å²) in [6.07, 6.45) is -14.5. The maximum atomic E-state index is 14.2. The Labute approximate surface area is 266 Å². The Bertz CT molecular complexity index is 1700. The summed E-state index contributed by atoms with van der Waals surface area (Å²) in [5.74, 6) is -15.3. The minimum Gasteiger partial charge on any atom is -0.490 e. The lowest BCUT2D eigenvalue weighted by Gasteiger charge is -2.35. The van der Waals surface area contributed by atoms with Crippen molar-refractivity contribution in [3.05, 3.63) is 46.5 Å². The standard InChI is InChI=1S/2C14H13F5O4S/c2*1-24(21,22)8-3-2-7(23-6-4-13(16,17)5-6)9-10(8)12(20)14(18,19)11(9)15/h2*2-3,6,11-12,20H,4-5H2,1H3/t11-,12+;11-,12-/m10/s1. The first kappa shape index (κ1) is 36.4. The van der Waals surface area contributed by atoms with E-state index >= 15 is 0 Å². The summed E-state index contributed by atoms with van der Waals surface area (Å²) in [6, 6.07) is 3.70. The average molecular weight is 745 g/mol. The molecule has 2 N–H and O–H groups in total. The quantitative estimate of drug-likeness (QED) is 0.350. The largest absolute Gasteiger partial charge is 0.490 e. The first-order chi connectivity index (χ1) is 21.7. The molecule has 0 amide bonds. The Morgan fingerprint density at radius 3 is 1.12 bits per heavy atom. The van der Waals surface area contributed by atoms with Crippen LogP contribution >= 0.6 is 0 Å². The number of ether oxygens (including phenoxy) is 2. The van der Waals surface area contributed by atoms with Crippen LogP contribution in [0.2, 0.25) is 0 Å². The van der Waals surface area contributed by atoms with Crippen LogP contribution in [-0.4, -0.2) is 75.5 Å². The highest BCUT2D eigenvalue weighted by molar-refractivity contribution is 7.91. The van der Waals surface area contributed by atoms with Gasteiger partial charge in [-0.2, -0.15) is 17.6 Å². The molecule has 2 saturated carbocycles. The molecule has 0 bridgehead atoms. The molecule has 2 aromatic rings. The summed E-state index contributed by atoms with van der Waals surface area (Å²) in [7, 11) is -8.05. The number of hydrogen-bond donors (Lipinski definition) is 2. The van der Waals surface area contributed by atoms with E-state index < -0.39 is 149 Å². The number of benzene rings is 2. The number of halogens is 10. The van der Waals surface area contributed by atoms with Crippen LogP contribution < -0.4 is 9.47 Å². The van der Waals surface area contributed by atoms with Crippen molar-refractivity contribution in [3.8, 4) is 11.5 Å². The first-order valence-electron chi connectivity index (χ1n) is 13.9. The summed E-state index contributed by atoms with van der Waals surface area (Å²) in [4.78, 5) is -1.28. The van der Waals surface area contributed by atoms with E-state index in [-0.39, 0.29) is 0 Å². The van der Waals surface area contributed by atoms with Crippen molar-refractivity contribution in [3.63, 3.8) is 0 Å². The fraction of sp³-hybridized carbons (Fsp3) is 0.571. The summed E-state index contributed by atoms with van der Waals surface area (Å²) < 4.78 is 192. The van der Waals surface area contributed by atoms with Gasteiger partial charge in [0, 0.05) is 60.4 Å². The number of sulfone groups is 2. The van der Waals surface area contributed by atoms with Gasteiger partial charge in [-0.15, -0.1) is 0 Å². The van der Waals surface area contributed by atoms with Gasteiger partial charge in [-0.3, -0.25) is 0 Å². The molecule has 268 valence electrons. The van der Waals surface area contributed by atoms with Gasteiger partial charge >= 0.3 is 11.8 Å². The molecule has 0 aromatic heterocycles. The smallest absolute Gasteiger partial charge is 0.312 e. The molecule has 0 spiro atoms. The Morgan fingerprint density at radius 1 is 0.583 bits per heavy atom. The molecule has 0 saturated heterocycles. The lowest BCUT2D eigenvalue weighted by molar-refractivity contribution is -0.145. The fourth-order valence-corrected chi connectivity index (χ4v) is 7.79. The second kappa shape index (κ2) is 11.3. The van der Waals surface area contributed by atoms with Crippen molar-refractivity contribution in [2.45, 2.75) is 95.9 Å². The molecular weight excluding hydrogens is 718 g/mol. The SMILES string of the molecule is CS(=O)(=O)c1ccc(OC2CC(F)(F)C2)c2c1[C@H](O)C(F)(F)[C@@H]2F.CS(=O)(=O)c1ccc(OC2CC(F)(F)C2)c2c1[C@H](O)C(F)(F)[C@H]2F. The van der Waals surface area contributed by atoms with E-state index in [2.05, 4.69) is 0 Å². The van der Waals surface area contributed by atoms with Gasteiger partial charge in [0.05, 0.1) is 9.79 Å². The van der Waals surface area contributed by atoms with Gasteiger partial charge in [-0.25, -0.2) is 43.2 Å². The Hall–Kier alpha value is -2.84. The molecule has 8 nitrogen and oxygen atoms in total. The molecule has 0 unspecified atom stereocenters. The Morgan fingerprint density at radius 2 is 0.875 bits per heavy atom. The van der Waals surface area contributed by atoms with Gasteiger partial charge in [0.1, 0.15) is 35.9 Å². The van der Waals surface area contributed by atoms with Gasteiger partial charge in [0.2, 0.25) is 0 Å². The molecule has 20 heteroatoms. The molecule has 48 heavy (non-hydrogen) atoms. The van der Waals surface area contributed by atoms with Gasteiger partial charge in [0.15, 0.2) is 32.0 Å². The fourth-order valence-electron chi connectivity index (χ4n) is 5.92. The Balaban J connectivity index is 0.000000188. The topological polar surface area (TPSA) is 127 Å². The van der Waals surface area contributed by atoms with E-state index in [0.29, 0.717) is 0 Å². The van der Waals surface area contributed by atoms with Crippen molar-refractivity contribution < 1.29 is 80.4 Å². The highest BCUT2D eigenvalue weighted by atomic mass is 32.2. The zero-order valence-electron chi connectivity index (χ0n) is 24.5. The van der Waals surface area contributed by atoms with Gasteiger partial charge in [-0.05, 0) is 24.3 Å². The molecule has 4 aliphatic carbocycles. The van der Waals surface area contributed by atoms with Crippen LogP contribution in [0.25, 0.3) is 0 Å². The molecular formula is C28H26F10O8S2. The van der Waals surface area contributed by atoms with E-state index in [1.807, 2.05) is 0 Å². The van der Waals surface area contributed by atoms with Crippen molar-refractivity contribution in [2.24, 2.45) is 0 Å².